The summed E-state index contributed by atoms with van der Waals surface area (Å²) in [4.78, 5) is 48.8. The van der Waals surface area contributed by atoms with E-state index in [1.165, 1.54) is 0 Å². The van der Waals surface area contributed by atoms with Gasteiger partial charge in [-0.3, -0.25) is 19.3 Å². The number of aryl methyl sites for hydroxylation is 1. The first-order chi connectivity index (χ1) is 16.5. The SMILES string of the molecule is CCc1ccccc1NC(=O)C[C@@H]1C(=O)NCCN1C(=O)CN1CCN(c2ccccn2)CC1. The molecule has 2 aliphatic heterocycles. The minimum atomic E-state index is -0.801. The van der Waals surface area contributed by atoms with Crippen LogP contribution >= 0.6 is 0 Å². The molecule has 0 aliphatic carbocycles. The van der Waals surface area contributed by atoms with Gasteiger partial charge in [-0.25, -0.2) is 4.98 Å². The normalized spacial score (nSPS) is 19.0. The maximum absolute atomic E-state index is 13.2. The Balaban J connectivity index is 1.34. The fraction of sp³-hybridized carbons (Fsp3) is 0.440. The Kier molecular flexibility index (Phi) is 7.74. The van der Waals surface area contributed by atoms with Crippen LogP contribution in [0.5, 0.6) is 0 Å². The summed E-state index contributed by atoms with van der Waals surface area (Å²) in [6, 6.07) is 12.7. The second kappa shape index (κ2) is 11.1. The van der Waals surface area contributed by atoms with Crippen LogP contribution in [0.1, 0.15) is 18.9 Å². The summed E-state index contributed by atoms with van der Waals surface area (Å²) in [5.74, 6) is 0.271. The number of piperazine rings is 2. The largest absolute Gasteiger partial charge is 0.354 e. The third-order valence-electron chi connectivity index (χ3n) is 6.41. The molecule has 9 nitrogen and oxygen atoms in total. The van der Waals surface area contributed by atoms with Gasteiger partial charge in [-0.05, 0) is 30.2 Å². The standard InChI is InChI=1S/C25H32N6O3/c1-2-19-7-3-4-8-20(19)28-23(32)17-21-25(34)27-11-12-31(21)24(33)18-29-13-15-30(16-14-29)22-9-5-6-10-26-22/h3-10,21H,2,11-18H2,1H3,(H,27,34)(H,28,32)/t21-/m1/s1. The highest BCUT2D eigenvalue weighted by atomic mass is 16.2. The quantitative estimate of drug-likeness (QED) is 0.638. The van der Waals surface area contributed by atoms with Crippen LogP contribution in [0.15, 0.2) is 48.7 Å². The average molecular weight is 465 g/mol. The van der Waals surface area contributed by atoms with E-state index in [4.69, 9.17) is 0 Å². The number of benzene rings is 1. The molecule has 2 saturated heterocycles. The number of pyridine rings is 1. The first-order valence-electron chi connectivity index (χ1n) is 11.9. The van der Waals surface area contributed by atoms with Gasteiger partial charge in [0.25, 0.3) is 0 Å². The van der Waals surface area contributed by atoms with Crippen LogP contribution < -0.4 is 15.5 Å². The van der Waals surface area contributed by atoms with E-state index in [9.17, 15) is 14.4 Å². The molecule has 1 atom stereocenters. The lowest BCUT2D eigenvalue weighted by atomic mass is 10.1. The van der Waals surface area contributed by atoms with Crippen LogP contribution in [0.4, 0.5) is 11.5 Å². The summed E-state index contributed by atoms with van der Waals surface area (Å²) >= 11 is 0. The van der Waals surface area contributed by atoms with Crippen molar-refractivity contribution in [2.24, 2.45) is 0 Å². The van der Waals surface area contributed by atoms with Gasteiger partial charge in [-0.1, -0.05) is 31.2 Å². The highest BCUT2D eigenvalue weighted by Gasteiger charge is 2.35. The summed E-state index contributed by atoms with van der Waals surface area (Å²) in [7, 11) is 0. The molecule has 2 N–H and O–H groups in total. The number of nitrogens with zero attached hydrogens (tertiary/aromatic N) is 4. The Morgan fingerprint density at radius 3 is 2.56 bits per heavy atom. The van der Waals surface area contributed by atoms with Crippen molar-refractivity contribution in [1.82, 2.24) is 20.1 Å². The third kappa shape index (κ3) is 5.72. The number of amides is 3. The Morgan fingerprint density at radius 2 is 1.82 bits per heavy atom. The molecule has 1 aromatic carbocycles. The molecular weight excluding hydrogens is 432 g/mol. The highest BCUT2D eigenvalue weighted by molar-refractivity contribution is 5.98. The Bertz CT molecular complexity index is 1010. The van der Waals surface area contributed by atoms with E-state index < -0.39 is 6.04 Å². The fourth-order valence-corrected chi connectivity index (χ4v) is 4.50. The van der Waals surface area contributed by atoms with E-state index in [0.717, 1.165) is 49.7 Å². The number of carbonyl (C=O) groups excluding carboxylic acids is 3. The Labute approximate surface area is 200 Å². The summed E-state index contributed by atoms with van der Waals surface area (Å²) < 4.78 is 0. The van der Waals surface area contributed by atoms with Crippen molar-refractivity contribution >= 4 is 29.2 Å². The van der Waals surface area contributed by atoms with E-state index >= 15 is 0 Å². The molecule has 2 fully saturated rings. The fourth-order valence-electron chi connectivity index (χ4n) is 4.50. The molecule has 34 heavy (non-hydrogen) atoms. The van der Waals surface area contributed by atoms with Gasteiger partial charge < -0.3 is 20.4 Å². The van der Waals surface area contributed by atoms with E-state index in [1.807, 2.05) is 49.4 Å². The highest BCUT2D eigenvalue weighted by Crippen LogP contribution is 2.18. The molecule has 0 saturated carbocycles. The molecule has 2 aromatic rings. The number of rotatable bonds is 7. The second-order valence-electron chi connectivity index (χ2n) is 8.61. The zero-order valence-corrected chi connectivity index (χ0v) is 19.6. The third-order valence-corrected chi connectivity index (χ3v) is 6.41. The van der Waals surface area contributed by atoms with Gasteiger partial charge in [0.2, 0.25) is 17.7 Å². The first-order valence-corrected chi connectivity index (χ1v) is 11.9. The Morgan fingerprint density at radius 1 is 1.06 bits per heavy atom. The van der Waals surface area contributed by atoms with Crippen molar-refractivity contribution in [3.63, 3.8) is 0 Å². The van der Waals surface area contributed by atoms with Gasteiger partial charge >= 0.3 is 0 Å². The van der Waals surface area contributed by atoms with E-state index in [0.29, 0.717) is 13.1 Å². The van der Waals surface area contributed by atoms with Crippen molar-refractivity contribution in [3.05, 3.63) is 54.2 Å². The molecule has 2 aliphatic rings. The van der Waals surface area contributed by atoms with Crippen LogP contribution in [0, 0.1) is 0 Å². The predicted molar refractivity (Wildman–Crippen MR) is 130 cm³/mol. The smallest absolute Gasteiger partial charge is 0.243 e. The van der Waals surface area contributed by atoms with Crippen LogP contribution in [-0.4, -0.2) is 84.4 Å². The molecule has 3 amide bonds. The zero-order chi connectivity index (χ0) is 23.9. The van der Waals surface area contributed by atoms with Crippen molar-refractivity contribution in [2.75, 3.05) is 56.0 Å². The number of anilines is 2. The van der Waals surface area contributed by atoms with E-state index in [1.54, 1.807) is 11.1 Å². The number of hydrogen-bond acceptors (Lipinski definition) is 6. The maximum atomic E-state index is 13.2. The number of aromatic nitrogens is 1. The summed E-state index contributed by atoms with van der Waals surface area (Å²) in [5, 5.41) is 5.71. The Hall–Kier alpha value is -3.46. The van der Waals surface area contributed by atoms with Crippen molar-refractivity contribution in [1.29, 1.82) is 0 Å². The van der Waals surface area contributed by atoms with Gasteiger partial charge in [-0.2, -0.15) is 0 Å². The van der Waals surface area contributed by atoms with Crippen LogP contribution in [0.3, 0.4) is 0 Å². The molecule has 0 radical (unpaired) electrons. The van der Waals surface area contributed by atoms with Gasteiger partial charge in [-0.15, -0.1) is 0 Å². The molecule has 180 valence electrons. The summed E-state index contributed by atoms with van der Waals surface area (Å²) in [5.41, 5.74) is 1.77. The van der Waals surface area contributed by atoms with Crippen LogP contribution in [0.2, 0.25) is 0 Å². The molecule has 4 rings (SSSR count). The lowest BCUT2D eigenvalue weighted by Gasteiger charge is -2.38. The molecular formula is C25H32N6O3. The minimum Gasteiger partial charge on any atom is -0.354 e. The van der Waals surface area contributed by atoms with Gasteiger partial charge in [0.05, 0.1) is 13.0 Å². The van der Waals surface area contributed by atoms with Crippen molar-refractivity contribution in [3.8, 4) is 0 Å². The van der Waals surface area contributed by atoms with Crippen molar-refractivity contribution < 1.29 is 14.4 Å². The second-order valence-corrected chi connectivity index (χ2v) is 8.61. The number of para-hydroxylation sites is 1. The molecule has 0 spiro atoms. The monoisotopic (exact) mass is 464 g/mol. The summed E-state index contributed by atoms with van der Waals surface area (Å²) in [6.45, 7) is 6.11. The molecule has 0 unspecified atom stereocenters. The number of hydrogen-bond donors (Lipinski definition) is 2. The molecule has 0 bridgehead atoms. The van der Waals surface area contributed by atoms with E-state index in [-0.39, 0.29) is 30.7 Å². The number of nitrogens with one attached hydrogen (secondary N) is 2. The predicted octanol–water partition coefficient (Wildman–Crippen LogP) is 1.12. The number of carbonyl (C=O) groups is 3. The van der Waals surface area contributed by atoms with Gasteiger partial charge in [0.1, 0.15) is 11.9 Å². The maximum Gasteiger partial charge on any atom is 0.243 e. The molecule has 9 heteroatoms. The first kappa shape index (κ1) is 23.7. The zero-order valence-electron chi connectivity index (χ0n) is 19.6. The molecule has 3 heterocycles. The molecule has 1 aromatic heterocycles. The van der Waals surface area contributed by atoms with Crippen LogP contribution in [-0.2, 0) is 20.8 Å². The van der Waals surface area contributed by atoms with Gasteiger partial charge in [0, 0.05) is 51.2 Å². The van der Waals surface area contributed by atoms with Crippen molar-refractivity contribution in [2.45, 2.75) is 25.8 Å². The summed E-state index contributed by atoms with van der Waals surface area (Å²) in [6.07, 6.45) is 2.51. The average Bonchev–Trinajstić information content (AvgIpc) is 2.86. The topological polar surface area (TPSA) is 97.9 Å². The van der Waals surface area contributed by atoms with Crippen LogP contribution in [0.25, 0.3) is 0 Å². The minimum absolute atomic E-state index is 0.0664. The van der Waals surface area contributed by atoms with Gasteiger partial charge in [0.15, 0.2) is 0 Å². The van der Waals surface area contributed by atoms with E-state index in [2.05, 4.69) is 25.4 Å². The lowest BCUT2D eigenvalue weighted by molar-refractivity contribution is -0.145. The lowest BCUT2D eigenvalue weighted by Crippen LogP contribution is -2.60.